The molecular weight excluding hydrogens is 489 g/mol. The number of rotatable bonds is 2. The van der Waals surface area contributed by atoms with E-state index in [0.717, 1.165) is 10.9 Å². The van der Waals surface area contributed by atoms with E-state index in [1.807, 2.05) is 0 Å². The lowest BCUT2D eigenvalue weighted by molar-refractivity contribution is -0.141. The van der Waals surface area contributed by atoms with Gasteiger partial charge in [0, 0.05) is 39.8 Å². The molecule has 5 rings (SSSR count). The number of H-pyrrole nitrogens is 1. The zero-order valence-electron chi connectivity index (χ0n) is 18.0. The van der Waals surface area contributed by atoms with Crippen molar-refractivity contribution in [2.45, 2.75) is 25.6 Å². The Morgan fingerprint density at radius 3 is 2.60 bits per heavy atom. The van der Waals surface area contributed by atoms with Crippen molar-refractivity contribution in [3.05, 3.63) is 86.8 Å². The van der Waals surface area contributed by atoms with Crippen molar-refractivity contribution in [1.82, 2.24) is 15.0 Å². The third-order valence-corrected chi connectivity index (χ3v) is 6.30. The van der Waals surface area contributed by atoms with Gasteiger partial charge in [-0.2, -0.15) is 18.4 Å². The van der Waals surface area contributed by atoms with Crippen LogP contribution in [0.2, 0.25) is 5.02 Å². The summed E-state index contributed by atoms with van der Waals surface area (Å²) in [7, 11) is 0. The SMILES string of the molecule is Cc1ccc([C@H]2c3[nH]c4ccc(Cl)cc4c3CCN2c2nc(C#N)cc(C(F)(F)F)n2)c(F)c1F. The van der Waals surface area contributed by atoms with E-state index < -0.39 is 41.2 Å². The lowest BCUT2D eigenvalue weighted by Gasteiger charge is -2.36. The summed E-state index contributed by atoms with van der Waals surface area (Å²) in [6.07, 6.45) is -4.50. The van der Waals surface area contributed by atoms with Gasteiger partial charge in [0.05, 0.1) is 0 Å². The van der Waals surface area contributed by atoms with Crippen LogP contribution in [0, 0.1) is 29.9 Å². The van der Waals surface area contributed by atoms with Crippen LogP contribution >= 0.6 is 11.6 Å². The van der Waals surface area contributed by atoms with Gasteiger partial charge in [-0.3, -0.25) is 0 Å². The summed E-state index contributed by atoms with van der Waals surface area (Å²) in [6, 6.07) is 8.99. The number of aromatic amines is 1. The Bertz CT molecular complexity index is 1520. The molecule has 0 aliphatic carbocycles. The molecule has 1 N–H and O–H groups in total. The van der Waals surface area contributed by atoms with E-state index in [2.05, 4.69) is 15.0 Å². The number of alkyl halides is 3. The molecule has 0 bridgehead atoms. The maximum atomic E-state index is 15.3. The van der Waals surface area contributed by atoms with E-state index in [1.54, 1.807) is 24.3 Å². The predicted molar refractivity (Wildman–Crippen MR) is 119 cm³/mol. The summed E-state index contributed by atoms with van der Waals surface area (Å²) in [5, 5.41) is 10.5. The van der Waals surface area contributed by atoms with Gasteiger partial charge in [0.15, 0.2) is 17.3 Å². The third kappa shape index (κ3) is 3.86. The molecule has 178 valence electrons. The summed E-state index contributed by atoms with van der Waals surface area (Å²) in [5.41, 5.74) is 0.0905. The Labute approximate surface area is 200 Å². The van der Waals surface area contributed by atoms with Gasteiger partial charge in [-0.15, -0.1) is 0 Å². The zero-order valence-corrected chi connectivity index (χ0v) is 18.8. The van der Waals surface area contributed by atoms with Crippen molar-refractivity contribution in [3.8, 4) is 6.07 Å². The van der Waals surface area contributed by atoms with Gasteiger partial charge in [0.2, 0.25) is 5.95 Å². The van der Waals surface area contributed by atoms with Gasteiger partial charge >= 0.3 is 6.18 Å². The Kier molecular flexibility index (Phi) is 5.40. The molecule has 1 atom stereocenters. The minimum Gasteiger partial charge on any atom is -0.356 e. The topological polar surface area (TPSA) is 68.6 Å². The monoisotopic (exact) mass is 503 g/mol. The highest BCUT2D eigenvalue weighted by molar-refractivity contribution is 6.31. The summed E-state index contributed by atoms with van der Waals surface area (Å²) in [4.78, 5) is 12.2. The molecule has 2 aromatic carbocycles. The Balaban J connectivity index is 1.77. The van der Waals surface area contributed by atoms with E-state index in [-0.39, 0.29) is 17.7 Å². The number of hydrogen-bond donors (Lipinski definition) is 1. The van der Waals surface area contributed by atoms with Crippen molar-refractivity contribution in [1.29, 1.82) is 5.26 Å². The van der Waals surface area contributed by atoms with Crippen LogP contribution < -0.4 is 4.90 Å². The molecule has 1 aliphatic rings. The average molecular weight is 504 g/mol. The van der Waals surface area contributed by atoms with E-state index in [9.17, 15) is 22.8 Å². The highest BCUT2D eigenvalue weighted by Gasteiger charge is 2.38. The molecular formula is C24H15ClF5N5. The minimum atomic E-state index is -4.83. The molecule has 5 nitrogen and oxygen atoms in total. The number of nitrogens with one attached hydrogen (secondary N) is 1. The number of aromatic nitrogens is 3. The first kappa shape index (κ1) is 23.1. The fourth-order valence-electron chi connectivity index (χ4n) is 4.44. The Morgan fingerprint density at radius 1 is 1.11 bits per heavy atom. The molecule has 2 aromatic heterocycles. The van der Waals surface area contributed by atoms with Crippen LogP contribution in [-0.2, 0) is 12.6 Å². The number of hydrogen-bond acceptors (Lipinski definition) is 4. The molecule has 0 amide bonds. The van der Waals surface area contributed by atoms with Crippen molar-refractivity contribution in [2.75, 3.05) is 11.4 Å². The van der Waals surface area contributed by atoms with E-state index >= 15 is 4.39 Å². The lowest BCUT2D eigenvalue weighted by atomic mass is 9.91. The number of fused-ring (bicyclic) bond motifs is 3. The van der Waals surface area contributed by atoms with Crippen LogP contribution in [0.15, 0.2) is 36.4 Å². The molecule has 0 fully saturated rings. The highest BCUT2D eigenvalue weighted by Crippen LogP contribution is 2.42. The van der Waals surface area contributed by atoms with Crippen molar-refractivity contribution in [2.24, 2.45) is 0 Å². The van der Waals surface area contributed by atoms with Crippen molar-refractivity contribution < 1.29 is 22.0 Å². The first-order valence-electron chi connectivity index (χ1n) is 10.5. The first-order valence-corrected chi connectivity index (χ1v) is 10.8. The molecule has 0 saturated heterocycles. The number of aryl methyl sites for hydroxylation is 1. The van der Waals surface area contributed by atoms with Crippen LogP contribution in [0.4, 0.5) is 27.9 Å². The first-order chi connectivity index (χ1) is 16.6. The van der Waals surface area contributed by atoms with Crippen LogP contribution in [0.5, 0.6) is 0 Å². The Hall–Kier alpha value is -3.71. The summed E-state index contributed by atoms with van der Waals surface area (Å²) >= 11 is 6.16. The molecule has 3 heterocycles. The second-order valence-corrected chi connectivity index (χ2v) is 8.64. The maximum absolute atomic E-state index is 15.3. The predicted octanol–water partition coefficient (Wildman–Crippen LogP) is 6.24. The van der Waals surface area contributed by atoms with Gasteiger partial charge in [-0.25, -0.2) is 18.7 Å². The number of nitrogens with zero attached hydrogens (tertiary/aromatic N) is 4. The van der Waals surface area contributed by atoms with Crippen molar-refractivity contribution in [3.63, 3.8) is 0 Å². The van der Waals surface area contributed by atoms with Gasteiger partial charge in [0.25, 0.3) is 0 Å². The maximum Gasteiger partial charge on any atom is 0.433 e. The standard InChI is InChI=1S/C24H15ClF5N5/c1-11-2-4-15(20(27)19(11)26)22-21-14(16-8-12(25)3-5-17(16)33-21)6-7-35(22)23-32-13(10-31)9-18(34-23)24(28,29)30/h2-5,8-9,22,33H,6-7H2,1H3/t22-/m0/s1. The number of halogens is 6. The van der Waals surface area contributed by atoms with E-state index in [0.29, 0.717) is 28.7 Å². The van der Waals surface area contributed by atoms with Crippen LogP contribution in [0.3, 0.4) is 0 Å². The van der Waals surface area contributed by atoms with Crippen LogP contribution in [0.25, 0.3) is 10.9 Å². The fraction of sp³-hybridized carbons (Fsp3) is 0.208. The fourth-order valence-corrected chi connectivity index (χ4v) is 4.61. The summed E-state index contributed by atoms with van der Waals surface area (Å²) in [5.74, 6) is -2.60. The summed E-state index contributed by atoms with van der Waals surface area (Å²) in [6.45, 7) is 1.49. The van der Waals surface area contributed by atoms with Crippen molar-refractivity contribution >= 4 is 28.5 Å². The van der Waals surface area contributed by atoms with Gasteiger partial charge < -0.3 is 9.88 Å². The van der Waals surface area contributed by atoms with Crippen LogP contribution in [-0.4, -0.2) is 21.5 Å². The average Bonchev–Trinajstić information content (AvgIpc) is 3.19. The minimum absolute atomic E-state index is 0.0816. The van der Waals surface area contributed by atoms with E-state index in [4.69, 9.17) is 11.6 Å². The molecule has 0 unspecified atom stereocenters. The largest absolute Gasteiger partial charge is 0.433 e. The molecule has 35 heavy (non-hydrogen) atoms. The second-order valence-electron chi connectivity index (χ2n) is 8.20. The van der Waals surface area contributed by atoms with Gasteiger partial charge in [-0.1, -0.05) is 23.7 Å². The quantitative estimate of drug-likeness (QED) is 0.329. The lowest BCUT2D eigenvalue weighted by Crippen LogP contribution is -2.38. The Morgan fingerprint density at radius 2 is 1.89 bits per heavy atom. The molecule has 11 heteroatoms. The smallest absolute Gasteiger partial charge is 0.356 e. The number of benzene rings is 2. The molecule has 1 aliphatic heterocycles. The molecule has 4 aromatic rings. The molecule has 0 spiro atoms. The second kappa shape index (κ2) is 8.20. The third-order valence-electron chi connectivity index (χ3n) is 6.07. The van der Waals surface area contributed by atoms with Gasteiger partial charge in [-0.05, 0) is 42.7 Å². The number of nitriles is 1. The molecule has 0 saturated carbocycles. The van der Waals surface area contributed by atoms with E-state index in [1.165, 1.54) is 24.0 Å². The van der Waals surface area contributed by atoms with Crippen LogP contribution in [0.1, 0.15) is 39.8 Å². The zero-order chi connectivity index (χ0) is 25.1. The normalized spacial score (nSPS) is 15.8. The molecule has 0 radical (unpaired) electrons. The highest BCUT2D eigenvalue weighted by atomic mass is 35.5. The summed E-state index contributed by atoms with van der Waals surface area (Å²) < 4.78 is 70.4. The van der Waals surface area contributed by atoms with Gasteiger partial charge in [0.1, 0.15) is 17.8 Å². The number of anilines is 1.